The Hall–Kier alpha value is -2.51. The van der Waals surface area contributed by atoms with E-state index in [1.165, 1.54) is 11.3 Å². The van der Waals surface area contributed by atoms with Gasteiger partial charge in [-0.3, -0.25) is 4.79 Å². The summed E-state index contributed by atoms with van der Waals surface area (Å²) in [6.45, 7) is 2.35. The molecule has 8 heteroatoms. The van der Waals surface area contributed by atoms with Crippen molar-refractivity contribution >= 4 is 34.5 Å². The van der Waals surface area contributed by atoms with Gasteiger partial charge in [0, 0.05) is 12.4 Å². The molecule has 0 spiro atoms. The molecule has 1 amide bonds. The molecule has 0 unspecified atom stereocenters. The number of hydrogen-bond donors (Lipinski definition) is 0. The Labute approximate surface area is 153 Å². The van der Waals surface area contributed by atoms with E-state index < -0.39 is 0 Å². The van der Waals surface area contributed by atoms with Gasteiger partial charge in [0.1, 0.15) is 11.0 Å². The Balaban J connectivity index is 1.68. The molecule has 1 aromatic carbocycles. The van der Waals surface area contributed by atoms with Gasteiger partial charge in [0.05, 0.1) is 23.5 Å². The van der Waals surface area contributed by atoms with Crippen LogP contribution in [0.2, 0.25) is 5.02 Å². The largest absolute Gasteiger partial charge is 0.485 e. The van der Waals surface area contributed by atoms with E-state index >= 15 is 0 Å². The summed E-state index contributed by atoms with van der Waals surface area (Å²) in [5.74, 6) is 0.899. The maximum absolute atomic E-state index is 13.0. The number of hydrogen-bond acceptors (Lipinski definition) is 6. The topological polar surface area (TPSA) is 68.2 Å². The number of rotatable bonds is 2. The maximum atomic E-state index is 13.0. The summed E-state index contributed by atoms with van der Waals surface area (Å²) < 4.78 is 5.80. The summed E-state index contributed by atoms with van der Waals surface area (Å²) in [6, 6.07) is 7.11. The highest BCUT2D eigenvalue weighted by Gasteiger charge is 2.30. The molecule has 0 N–H and O–H groups in total. The van der Waals surface area contributed by atoms with Gasteiger partial charge in [-0.2, -0.15) is 0 Å². The molecule has 0 aliphatic carbocycles. The molecule has 3 aromatic rings. The fraction of sp³-hybridized carbons (Fsp3) is 0.176. The van der Waals surface area contributed by atoms with E-state index in [-0.39, 0.29) is 12.0 Å². The van der Waals surface area contributed by atoms with Crippen LogP contribution in [0.3, 0.4) is 0 Å². The lowest BCUT2D eigenvalue weighted by Gasteiger charge is -2.33. The molecule has 1 atom stereocenters. The van der Waals surface area contributed by atoms with Crippen LogP contribution in [0.1, 0.15) is 16.6 Å². The molecule has 0 radical (unpaired) electrons. The van der Waals surface area contributed by atoms with Crippen LogP contribution in [0.25, 0.3) is 10.8 Å². The Kier molecular flexibility index (Phi) is 4.10. The summed E-state index contributed by atoms with van der Waals surface area (Å²) in [7, 11) is 0. The number of carbonyl (C=O) groups is 1. The van der Waals surface area contributed by atoms with Gasteiger partial charge >= 0.3 is 0 Å². The number of halogens is 1. The molecule has 4 rings (SSSR count). The number of thiazole rings is 1. The molecule has 126 valence electrons. The zero-order valence-electron chi connectivity index (χ0n) is 13.2. The standard InChI is InChI=1S/C17H13ClN4O2S/c1-10-9-22(12-5-2-4-11(18)14(12)24-10)17(23)13-8-21-16(25-13)15-19-6-3-7-20-15/h2-8,10H,9H2,1H3/t10-/m0/s1. The van der Waals surface area contributed by atoms with Crippen molar-refractivity contribution in [3.63, 3.8) is 0 Å². The predicted molar refractivity (Wildman–Crippen MR) is 96.4 cm³/mol. The van der Waals surface area contributed by atoms with Crippen LogP contribution in [0.15, 0.2) is 42.9 Å². The zero-order chi connectivity index (χ0) is 17.4. The molecule has 1 aliphatic heterocycles. The molecular formula is C17H13ClN4O2S. The highest BCUT2D eigenvalue weighted by Crippen LogP contribution is 2.40. The predicted octanol–water partition coefficient (Wildman–Crippen LogP) is 3.68. The van der Waals surface area contributed by atoms with Gasteiger partial charge in [-0.05, 0) is 25.1 Å². The zero-order valence-corrected chi connectivity index (χ0v) is 14.8. The van der Waals surface area contributed by atoms with Gasteiger partial charge in [0.15, 0.2) is 16.6 Å². The highest BCUT2D eigenvalue weighted by molar-refractivity contribution is 7.17. The van der Waals surface area contributed by atoms with Crippen molar-refractivity contribution in [3.8, 4) is 16.6 Å². The molecule has 0 fully saturated rings. The minimum Gasteiger partial charge on any atom is -0.485 e. The van der Waals surface area contributed by atoms with Crippen LogP contribution >= 0.6 is 22.9 Å². The van der Waals surface area contributed by atoms with Gasteiger partial charge in [0.2, 0.25) is 0 Å². The number of para-hydroxylation sites is 1. The SMILES string of the molecule is C[C@H]1CN(C(=O)c2cnc(-c3ncccn3)s2)c2cccc(Cl)c2O1. The molecule has 3 heterocycles. The first kappa shape index (κ1) is 16.0. The highest BCUT2D eigenvalue weighted by atomic mass is 35.5. The first-order valence-corrected chi connectivity index (χ1v) is 8.83. The van der Waals surface area contributed by atoms with E-state index in [1.807, 2.05) is 13.0 Å². The van der Waals surface area contributed by atoms with Crippen LogP contribution in [-0.2, 0) is 0 Å². The van der Waals surface area contributed by atoms with Crippen LogP contribution < -0.4 is 9.64 Å². The lowest BCUT2D eigenvalue weighted by atomic mass is 10.2. The molecule has 0 bridgehead atoms. The van der Waals surface area contributed by atoms with E-state index in [9.17, 15) is 4.79 Å². The van der Waals surface area contributed by atoms with Gasteiger partial charge in [-0.1, -0.05) is 17.7 Å². The van der Waals surface area contributed by atoms with Crippen LogP contribution in [0.5, 0.6) is 5.75 Å². The number of amides is 1. The first-order valence-electron chi connectivity index (χ1n) is 7.63. The molecule has 2 aromatic heterocycles. The third-order valence-corrected chi connectivity index (χ3v) is 4.99. The molecular weight excluding hydrogens is 360 g/mol. The number of aromatic nitrogens is 3. The molecule has 0 saturated heterocycles. The number of carbonyl (C=O) groups excluding carboxylic acids is 1. The second-order valence-electron chi connectivity index (χ2n) is 5.53. The number of ether oxygens (including phenoxy) is 1. The molecule has 25 heavy (non-hydrogen) atoms. The molecule has 1 aliphatic rings. The van der Waals surface area contributed by atoms with E-state index in [4.69, 9.17) is 16.3 Å². The fourth-order valence-electron chi connectivity index (χ4n) is 2.63. The van der Waals surface area contributed by atoms with Crippen molar-refractivity contribution in [1.82, 2.24) is 15.0 Å². The summed E-state index contributed by atoms with van der Waals surface area (Å²) >= 11 is 7.49. The third-order valence-electron chi connectivity index (χ3n) is 3.71. The van der Waals surface area contributed by atoms with E-state index in [2.05, 4.69) is 15.0 Å². The van der Waals surface area contributed by atoms with Gasteiger partial charge in [-0.25, -0.2) is 15.0 Å². The van der Waals surface area contributed by atoms with Crippen molar-refractivity contribution in [2.45, 2.75) is 13.0 Å². The Bertz CT molecular complexity index is 931. The average molecular weight is 373 g/mol. The Morgan fingerprint density at radius 3 is 2.88 bits per heavy atom. The smallest absolute Gasteiger partial charge is 0.270 e. The maximum Gasteiger partial charge on any atom is 0.270 e. The summed E-state index contributed by atoms with van der Waals surface area (Å²) in [6.07, 6.45) is 4.70. The normalized spacial score (nSPS) is 16.2. The number of benzene rings is 1. The van der Waals surface area contributed by atoms with Crippen LogP contribution in [0.4, 0.5) is 5.69 Å². The van der Waals surface area contributed by atoms with Crippen molar-refractivity contribution in [3.05, 3.63) is 52.8 Å². The monoisotopic (exact) mass is 372 g/mol. The quantitative estimate of drug-likeness (QED) is 0.686. The lowest BCUT2D eigenvalue weighted by Crippen LogP contribution is -2.42. The van der Waals surface area contributed by atoms with E-state index in [1.54, 1.807) is 41.7 Å². The molecule has 0 saturated carbocycles. The van der Waals surface area contributed by atoms with Gasteiger partial charge in [0.25, 0.3) is 5.91 Å². The molecule has 6 nitrogen and oxygen atoms in total. The van der Waals surface area contributed by atoms with E-state index in [0.717, 1.165) is 0 Å². The third kappa shape index (κ3) is 2.96. The lowest BCUT2D eigenvalue weighted by molar-refractivity contribution is 0.0965. The van der Waals surface area contributed by atoms with Gasteiger partial charge in [-0.15, -0.1) is 11.3 Å². The number of fused-ring (bicyclic) bond motifs is 1. The van der Waals surface area contributed by atoms with Crippen molar-refractivity contribution in [2.24, 2.45) is 0 Å². The Morgan fingerprint density at radius 2 is 2.08 bits per heavy atom. The first-order chi connectivity index (χ1) is 12.1. The number of anilines is 1. The minimum atomic E-state index is -0.152. The summed E-state index contributed by atoms with van der Waals surface area (Å²) in [4.78, 5) is 27.8. The van der Waals surface area contributed by atoms with Crippen molar-refractivity contribution in [2.75, 3.05) is 11.4 Å². The van der Waals surface area contributed by atoms with Crippen molar-refractivity contribution < 1.29 is 9.53 Å². The summed E-state index contributed by atoms with van der Waals surface area (Å²) in [5.41, 5.74) is 0.668. The van der Waals surface area contributed by atoms with Crippen LogP contribution in [0, 0.1) is 0 Å². The second-order valence-corrected chi connectivity index (χ2v) is 6.97. The minimum absolute atomic E-state index is 0.140. The Morgan fingerprint density at radius 1 is 1.28 bits per heavy atom. The number of nitrogens with zero attached hydrogens (tertiary/aromatic N) is 4. The van der Waals surface area contributed by atoms with E-state index in [0.29, 0.717) is 38.7 Å². The fourth-order valence-corrected chi connectivity index (χ4v) is 3.66. The van der Waals surface area contributed by atoms with Gasteiger partial charge < -0.3 is 9.64 Å². The summed E-state index contributed by atoms with van der Waals surface area (Å²) in [5, 5.41) is 1.10. The van der Waals surface area contributed by atoms with Crippen molar-refractivity contribution in [1.29, 1.82) is 0 Å². The van der Waals surface area contributed by atoms with Crippen LogP contribution in [-0.4, -0.2) is 33.5 Å². The second kappa shape index (κ2) is 6.42. The average Bonchev–Trinajstić information content (AvgIpc) is 3.12.